The van der Waals surface area contributed by atoms with Crippen LogP contribution in [0.2, 0.25) is 0 Å². The van der Waals surface area contributed by atoms with E-state index >= 15 is 0 Å². The van der Waals surface area contributed by atoms with E-state index in [1.54, 1.807) is 0 Å². The molecule has 0 spiro atoms. The molecule has 0 saturated heterocycles. The molecule has 0 fully saturated rings. The van der Waals surface area contributed by atoms with Gasteiger partial charge in [0.2, 0.25) is 0 Å². The van der Waals surface area contributed by atoms with Crippen LogP contribution in [0.5, 0.6) is 0 Å². The fourth-order valence-corrected chi connectivity index (χ4v) is 0.768. The van der Waals surface area contributed by atoms with E-state index in [1.165, 1.54) is 5.57 Å². The molecule has 1 heteroatoms. The Morgan fingerprint density at radius 3 is 2.88 bits per heavy atom. The van der Waals surface area contributed by atoms with Crippen LogP contribution in [-0.4, -0.2) is 12.7 Å². The van der Waals surface area contributed by atoms with Crippen LogP contribution in [0.25, 0.3) is 0 Å². The maximum absolute atomic E-state index is 5.32. The Morgan fingerprint density at radius 2 is 2.50 bits per heavy atom. The topological polar surface area (TPSA) is 9.23 Å². The summed E-state index contributed by atoms with van der Waals surface area (Å²) in [6, 6.07) is 0. The van der Waals surface area contributed by atoms with Crippen LogP contribution in [0.4, 0.5) is 0 Å². The van der Waals surface area contributed by atoms with E-state index in [9.17, 15) is 0 Å². The largest absolute Gasteiger partial charge is 0.374 e. The summed E-state index contributed by atoms with van der Waals surface area (Å²) in [5, 5.41) is 0. The van der Waals surface area contributed by atoms with E-state index in [0.717, 1.165) is 13.0 Å². The van der Waals surface area contributed by atoms with Crippen molar-refractivity contribution in [1.82, 2.24) is 0 Å². The predicted octanol–water partition coefficient (Wildman–Crippen LogP) is 1.74. The molecule has 0 aromatic rings. The maximum atomic E-state index is 5.32. The Hall–Kier alpha value is -0.300. The second-order valence-electron chi connectivity index (χ2n) is 2.41. The van der Waals surface area contributed by atoms with Gasteiger partial charge >= 0.3 is 0 Å². The van der Waals surface area contributed by atoms with Crippen molar-refractivity contribution in [2.75, 3.05) is 6.61 Å². The van der Waals surface area contributed by atoms with Gasteiger partial charge in [0.25, 0.3) is 0 Å². The van der Waals surface area contributed by atoms with Crippen molar-refractivity contribution < 1.29 is 4.74 Å². The highest BCUT2D eigenvalue weighted by Crippen LogP contribution is 2.09. The molecule has 0 aromatic carbocycles. The monoisotopic (exact) mass is 112 g/mol. The van der Waals surface area contributed by atoms with Crippen molar-refractivity contribution in [3.8, 4) is 0 Å². The van der Waals surface area contributed by atoms with Gasteiger partial charge in [0.1, 0.15) is 0 Å². The van der Waals surface area contributed by atoms with Gasteiger partial charge in [-0.25, -0.2) is 0 Å². The molecule has 8 heavy (non-hydrogen) atoms. The molecule has 1 nitrogen and oxygen atoms in total. The normalized spacial score (nSPS) is 29.8. The molecule has 1 atom stereocenters. The first kappa shape index (κ1) is 5.83. The second-order valence-corrected chi connectivity index (χ2v) is 2.41. The van der Waals surface area contributed by atoms with Crippen molar-refractivity contribution in [3.63, 3.8) is 0 Å². The van der Waals surface area contributed by atoms with Gasteiger partial charge in [0.05, 0.1) is 12.7 Å². The van der Waals surface area contributed by atoms with Crippen molar-refractivity contribution in [1.29, 1.82) is 0 Å². The summed E-state index contributed by atoms with van der Waals surface area (Å²) in [6.07, 6.45) is 3.78. The summed E-state index contributed by atoms with van der Waals surface area (Å²) in [5.74, 6) is 0. The number of hydrogen-bond acceptors (Lipinski definition) is 1. The van der Waals surface area contributed by atoms with Crippen LogP contribution in [0, 0.1) is 0 Å². The Bertz CT molecular complexity index is 105. The van der Waals surface area contributed by atoms with Gasteiger partial charge in [-0.1, -0.05) is 11.6 Å². The van der Waals surface area contributed by atoms with Crippen LogP contribution in [0.15, 0.2) is 11.6 Å². The van der Waals surface area contributed by atoms with E-state index in [1.807, 2.05) is 0 Å². The molecule has 0 aliphatic carbocycles. The molecule has 46 valence electrons. The van der Waals surface area contributed by atoms with Crippen molar-refractivity contribution >= 4 is 0 Å². The highest BCUT2D eigenvalue weighted by Gasteiger charge is 2.04. The quantitative estimate of drug-likeness (QED) is 0.434. The molecule has 1 aliphatic heterocycles. The van der Waals surface area contributed by atoms with Crippen molar-refractivity contribution in [2.45, 2.75) is 26.4 Å². The molecular weight excluding hydrogens is 100 g/mol. The van der Waals surface area contributed by atoms with Crippen LogP contribution >= 0.6 is 0 Å². The zero-order valence-electron chi connectivity index (χ0n) is 5.48. The lowest BCUT2D eigenvalue weighted by Gasteiger charge is -2.16. The van der Waals surface area contributed by atoms with Gasteiger partial charge in [-0.2, -0.15) is 0 Å². The first-order valence-corrected chi connectivity index (χ1v) is 3.06. The maximum Gasteiger partial charge on any atom is 0.0677 e. The molecule has 0 saturated carbocycles. The van der Waals surface area contributed by atoms with Gasteiger partial charge < -0.3 is 4.74 Å². The number of ether oxygens (including phenoxy) is 1. The number of hydrogen-bond donors (Lipinski definition) is 0. The van der Waals surface area contributed by atoms with Gasteiger partial charge in [-0.3, -0.25) is 0 Å². The smallest absolute Gasteiger partial charge is 0.0677 e. The fraction of sp³-hybridized carbons (Fsp3) is 0.714. The lowest BCUT2D eigenvalue weighted by atomic mass is 10.1. The SMILES string of the molecule is CC1=CCC(C)OC1. The summed E-state index contributed by atoms with van der Waals surface area (Å²) in [7, 11) is 0. The predicted molar refractivity (Wildman–Crippen MR) is 33.8 cm³/mol. The minimum absolute atomic E-state index is 0.443. The second kappa shape index (κ2) is 2.31. The lowest BCUT2D eigenvalue weighted by Crippen LogP contribution is -2.13. The van der Waals surface area contributed by atoms with Gasteiger partial charge in [0.15, 0.2) is 0 Å². The van der Waals surface area contributed by atoms with Crippen molar-refractivity contribution in [2.24, 2.45) is 0 Å². The van der Waals surface area contributed by atoms with Crippen LogP contribution in [0.1, 0.15) is 20.3 Å². The van der Waals surface area contributed by atoms with Crippen LogP contribution < -0.4 is 0 Å². The molecule has 0 radical (unpaired) electrons. The van der Waals surface area contributed by atoms with E-state index in [-0.39, 0.29) is 0 Å². The Kier molecular flexibility index (Phi) is 1.69. The van der Waals surface area contributed by atoms with E-state index in [2.05, 4.69) is 19.9 Å². The molecule has 1 rings (SSSR count). The lowest BCUT2D eigenvalue weighted by molar-refractivity contribution is 0.0758. The Labute approximate surface area is 50.3 Å². The zero-order valence-corrected chi connectivity index (χ0v) is 5.48. The first-order valence-electron chi connectivity index (χ1n) is 3.06. The molecule has 0 aromatic heterocycles. The minimum Gasteiger partial charge on any atom is -0.374 e. The fourth-order valence-electron chi connectivity index (χ4n) is 0.768. The minimum atomic E-state index is 0.443. The van der Waals surface area contributed by atoms with E-state index < -0.39 is 0 Å². The molecular formula is C7H12O. The molecule has 1 aliphatic rings. The molecule has 1 heterocycles. The third kappa shape index (κ3) is 1.34. The van der Waals surface area contributed by atoms with Gasteiger partial charge in [-0.05, 0) is 20.3 Å². The summed E-state index contributed by atoms with van der Waals surface area (Å²) in [6.45, 7) is 5.04. The molecule has 1 unspecified atom stereocenters. The highest BCUT2D eigenvalue weighted by atomic mass is 16.5. The third-order valence-electron chi connectivity index (χ3n) is 1.39. The standard InChI is InChI=1S/C7H12O/c1-6-3-4-7(2)8-5-6/h3,7H,4-5H2,1-2H3. The van der Waals surface area contributed by atoms with Gasteiger partial charge in [-0.15, -0.1) is 0 Å². The summed E-state index contributed by atoms with van der Waals surface area (Å²) in [4.78, 5) is 0. The highest BCUT2D eigenvalue weighted by molar-refractivity contribution is 5.01. The Morgan fingerprint density at radius 1 is 1.75 bits per heavy atom. The van der Waals surface area contributed by atoms with Gasteiger partial charge in [0, 0.05) is 0 Å². The third-order valence-corrected chi connectivity index (χ3v) is 1.39. The average molecular weight is 112 g/mol. The van der Waals surface area contributed by atoms with Crippen LogP contribution in [0.3, 0.4) is 0 Å². The number of rotatable bonds is 0. The summed E-state index contributed by atoms with van der Waals surface area (Å²) >= 11 is 0. The summed E-state index contributed by atoms with van der Waals surface area (Å²) < 4.78 is 5.32. The zero-order chi connectivity index (χ0) is 5.98. The molecule has 0 N–H and O–H groups in total. The molecule has 0 amide bonds. The van der Waals surface area contributed by atoms with E-state index in [0.29, 0.717) is 6.10 Å². The summed E-state index contributed by atoms with van der Waals surface area (Å²) in [5.41, 5.74) is 1.36. The van der Waals surface area contributed by atoms with Crippen molar-refractivity contribution in [3.05, 3.63) is 11.6 Å². The first-order chi connectivity index (χ1) is 3.79. The molecule has 0 bridgehead atoms. The van der Waals surface area contributed by atoms with E-state index in [4.69, 9.17) is 4.74 Å². The Balaban J connectivity index is 2.42. The average Bonchev–Trinajstić information content (AvgIpc) is 1.77. The van der Waals surface area contributed by atoms with Crippen LogP contribution in [-0.2, 0) is 4.74 Å².